The molecule has 0 saturated heterocycles. The summed E-state index contributed by atoms with van der Waals surface area (Å²) in [7, 11) is 0. The summed E-state index contributed by atoms with van der Waals surface area (Å²) in [6.07, 6.45) is 8.53. The van der Waals surface area contributed by atoms with Crippen molar-refractivity contribution in [2.24, 2.45) is 11.8 Å². The Kier molecular flexibility index (Phi) is 1.23. The van der Waals surface area contributed by atoms with Crippen LogP contribution in [0.2, 0.25) is 0 Å². The molecule has 4 rings (SSSR count). The van der Waals surface area contributed by atoms with E-state index in [1.165, 1.54) is 0 Å². The van der Waals surface area contributed by atoms with Crippen LogP contribution in [0.4, 0.5) is 0 Å². The molecule has 4 aliphatic carbocycles. The van der Waals surface area contributed by atoms with Crippen LogP contribution >= 0.6 is 11.6 Å². The van der Waals surface area contributed by atoms with Crippen molar-refractivity contribution in [3.63, 3.8) is 0 Å². The molecule has 4 aliphatic rings. The first-order valence-corrected chi connectivity index (χ1v) is 5.10. The van der Waals surface area contributed by atoms with Gasteiger partial charge in [-0.25, -0.2) is 0 Å². The number of hydrogen-bond acceptors (Lipinski definition) is 0. The molecular weight excluding hydrogens is 180 g/mol. The molecule has 0 spiro atoms. The first-order chi connectivity index (χ1) is 7.09. The number of hydrogen-bond donors (Lipinski definition) is 0. The van der Waals surface area contributed by atoms with Gasteiger partial charge >= 0.3 is 0 Å². The van der Waals surface area contributed by atoms with Crippen molar-refractivity contribution in [3.8, 4) is 0 Å². The minimum Gasteiger partial charge on any atom is -0.0604 e. The zero-order chi connectivity index (χ0) is 10.6. The van der Waals surface area contributed by atoms with E-state index < -0.39 is 6.37 Å². The Morgan fingerprint density at radius 1 is 1.54 bits per heavy atom. The maximum Gasteiger partial charge on any atom is 0.124 e. The van der Waals surface area contributed by atoms with Crippen molar-refractivity contribution < 1.29 is 2.74 Å². The zero-order valence-corrected chi connectivity index (χ0v) is 8.01. The van der Waals surface area contributed by atoms with Gasteiger partial charge in [-0.3, -0.25) is 0 Å². The fourth-order valence-electron chi connectivity index (χ4n) is 2.28. The van der Waals surface area contributed by atoms with Gasteiger partial charge in [0.25, 0.3) is 0 Å². The van der Waals surface area contributed by atoms with Crippen molar-refractivity contribution in [3.05, 3.63) is 40.8 Å². The number of fused-ring (bicyclic) bond motifs is 1. The maximum atomic E-state index is 8.09. The molecule has 0 aromatic rings. The van der Waals surface area contributed by atoms with E-state index in [2.05, 4.69) is 0 Å². The molecular formula is C12H12Cl+. The van der Waals surface area contributed by atoms with Crippen LogP contribution in [0.15, 0.2) is 34.4 Å². The Morgan fingerprint density at radius 3 is 3.00 bits per heavy atom. The summed E-state index contributed by atoms with van der Waals surface area (Å²) in [6.45, 7) is 0. The molecule has 0 nitrogen and oxygen atoms in total. The predicted molar refractivity (Wildman–Crippen MR) is 55.2 cm³/mol. The summed E-state index contributed by atoms with van der Waals surface area (Å²) < 4.78 is 16.2. The zero-order valence-electron chi connectivity index (χ0n) is 9.26. The van der Waals surface area contributed by atoms with Gasteiger partial charge in [-0.2, -0.15) is 0 Å². The SMILES string of the molecule is [2H]C1([2H])/C(=C2/C=C(Cl)C=C[CH+]2)C2CC1C2. The topological polar surface area (TPSA) is 0 Å². The van der Waals surface area contributed by atoms with Crippen LogP contribution in [0.25, 0.3) is 0 Å². The summed E-state index contributed by atoms with van der Waals surface area (Å²) in [4.78, 5) is 0. The monoisotopic (exact) mass is 193 g/mol. The molecule has 0 amide bonds. The molecule has 0 unspecified atom stereocenters. The number of rotatable bonds is 0. The standard InChI is InChI=1S/C12H12Cl/c13-11-3-1-2-9(7-11)12-6-8-4-10(12)5-8/h1-3,7-8,10H,4-6H2/q+1/b12-9-/i6D2. The molecule has 0 radical (unpaired) electrons. The molecule has 0 aromatic carbocycles. The molecule has 3 fully saturated rings. The van der Waals surface area contributed by atoms with Crippen LogP contribution < -0.4 is 0 Å². The van der Waals surface area contributed by atoms with Gasteiger partial charge < -0.3 is 0 Å². The second-order valence-corrected chi connectivity index (χ2v) is 4.37. The quantitative estimate of drug-likeness (QED) is 0.516. The Labute approximate surface area is 86.8 Å². The second kappa shape index (κ2) is 2.68. The summed E-state index contributed by atoms with van der Waals surface area (Å²) in [5.41, 5.74) is 1.98. The van der Waals surface area contributed by atoms with Crippen LogP contribution in [0.5, 0.6) is 0 Å². The lowest BCUT2D eigenvalue weighted by atomic mass is 9.83. The largest absolute Gasteiger partial charge is 0.124 e. The number of allylic oxidation sites excluding steroid dienone is 6. The van der Waals surface area contributed by atoms with Crippen molar-refractivity contribution in [2.45, 2.75) is 19.2 Å². The summed E-state index contributed by atoms with van der Waals surface area (Å²) in [5, 5.41) is 0.694. The van der Waals surface area contributed by atoms with Gasteiger partial charge in [0.2, 0.25) is 0 Å². The summed E-state index contributed by atoms with van der Waals surface area (Å²) >= 11 is 5.94. The Bertz CT molecular complexity index is 398. The van der Waals surface area contributed by atoms with Gasteiger partial charge in [-0.15, -0.1) is 0 Å². The van der Waals surface area contributed by atoms with E-state index in [0.717, 1.165) is 24.0 Å². The predicted octanol–water partition coefficient (Wildman–Crippen LogP) is 3.61. The van der Waals surface area contributed by atoms with E-state index in [0.29, 0.717) is 11.0 Å². The minimum atomic E-state index is -1.10. The Morgan fingerprint density at radius 2 is 2.38 bits per heavy atom. The normalized spacial score (nSPS) is 47.3. The van der Waals surface area contributed by atoms with E-state index in [4.69, 9.17) is 14.3 Å². The lowest BCUT2D eigenvalue weighted by Gasteiger charge is -2.20. The summed E-state index contributed by atoms with van der Waals surface area (Å²) in [6, 6.07) is 0. The third-order valence-corrected chi connectivity index (χ3v) is 3.28. The smallest absolute Gasteiger partial charge is 0.0604 e. The summed E-state index contributed by atoms with van der Waals surface area (Å²) in [5.74, 6) is 0.708. The molecule has 0 aliphatic heterocycles. The highest BCUT2D eigenvalue weighted by Crippen LogP contribution is 2.53. The fourth-order valence-corrected chi connectivity index (χ4v) is 2.47. The van der Waals surface area contributed by atoms with E-state index in [1.807, 2.05) is 24.6 Å². The number of halogens is 1. The second-order valence-electron chi connectivity index (χ2n) is 3.93. The van der Waals surface area contributed by atoms with Crippen molar-refractivity contribution in [2.75, 3.05) is 0 Å². The first-order valence-electron chi connectivity index (χ1n) is 5.72. The van der Waals surface area contributed by atoms with Crippen molar-refractivity contribution in [1.29, 1.82) is 0 Å². The van der Waals surface area contributed by atoms with Crippen LogP contribution in [0.1, 0.15) is 22.0 Å². The van der Waals surface area contributed by atoms with Gasteiger partial charge in [-0.05, 0) is 18.8 Å². The van der Waals surface area contributed by atoms with Crippen molar-refractivity contribution >= 4 is 11.6 Å². The Hall–Kier alpha value is -0.620. The molecule has 1 heteroatoms. The van der Waals surface area contributed by atoms with E-state index in [9.17, 15) is 0 Å². The Balaban J connectivity index is 2.07. The molecule has 13 heavy (non-hydrogen) atoms. The van der Waals surface area contributed by atoms with Crippen LogP contribution in [-0.4, -0.2) is 0 Å². The molecule has 2 bridgehead atoms. The van der Waals surface area contributed by atoms with Crippen LogP contribution in [0.3, 0.4) is 0 Å². The van der Waals surface area contributed by atoms with Gasteiger partial charge in [0, 0.05) is 39.2 Å². The molecule has 0 aromatic heterocycles. The molecule has 3 saturated carbocycles. The van der Waals surface area contributed by atoms with E-state index in [1.54, 1.807) is 0 Å². The third kappa shape index (κ3) is 1.16. The highest BCUT2D eigenvalue weighted by atomic mass is 35.5. The minimum absolute atomic E-state index is 0.247. The fraction of sp³-hybridized carbons (Fsp3) is 0.417. The molecule has 0 N–H and O–H groups in total. The highest BCUT2D eigenvalue weighted by Gasteiger charge is 2.44. The van der Waals surface area contributed by atoms with Crippen LogP contribution in [0, 0.1) is 18.3 Å². The molecule has 0 heterocycles. The van der Waals surface area contributed by atoms with Gasteiger partial charge in [-0.1, -0.05) is 11.6 Å². The average Bonchev–Trinajstić information content (AvgIpc) is 2.48. The van der Waals surface area contributed by atoms with Gasteiger partial charge in [0.15, 0.2) is 0 Å². The lowest BCUT2D eigenvalue weighted by Crippen LogP contribution is -2.11. The highest BCUT2D eigenvalue weighted by molar-refractivity contribution is 6.31. The van der Waals surface area contributed by atoms with E-state index >= 15 is 0 Å². The van der Waals surface area contributed by atoms with Crippen molar-refractivity contribution in [1.82, 2.24) is 0 Å². The molecule has 0 atom stereocenters. The van der Waals surface area contributed by atoms with Gasteiger partial charge in [0.05, 0.1) is 11.6 Å². The first kappa shape index (κ1) is 5.98. The van der Waals surface area contributed by atoms with Crippen LogP contribution in [-0.2, 0) is 0 Å². The maximum absolute atomic E-state index is 8.09. The van der Waals surface area contributed by atoms with E-state index in [-0.39, 0.29) is 5.92 Å². The third-order valence-electron chi connectivity index (χ3n) is 3.04. The molecule has 66 valence electrons. The average molecular weight is 194 g/mol. The lowest BCUT2D eigenvalue weighted by molar-refractivity contribution is 0.316. The van der Waals surface area contributed by atoms with Gasteiger partial charge in [0.1, 0.15) is 5.03 Å².